The monoisotopic (exact) mass is 388 g/mol. The fourth-order valence-electron chi connectivity index (χ4n) is 1.96. The summed E-state index contributed by atoms with van der Waals surface area (Å²) in [6, 6.07) is 15.8. The van der Waals surface area contributed by atoms with E-state index in [1.807, 2.05) is 18.2 Å². The van der Waals surface area contributed by atoms with Crippen molar-refractivity contribution in [3.8, 4) is 6.07 Å². The van der Waals surface area contributed by atoms with Gasteiger partial charge in [0.1, 0.15) is 0 Å². The summed E-state index contributed by atoms with van der Waals surface area (Å²) in [4.78, 5) is 24.9. The molecule has 1 amide bonds. The van der Waals surface area contributed by atoms with Crippen LogP contribution in [-0.2, 0) is 14.3 Å². The maximum atomic E-state index is 12.1. The first kappa shape index (κ1) is 19.8. The molecule has 2 aromatic carbocycles. The van der Waals surface area contributed by atoms with Gasteiger partial charge in [0.2, 0.25) is 0 Å². The van der Waals surface area contributed by atoms with Crippen molar-refractivity contribution in [3.05, 3.63) is 59.1 Å². The molecule has 2 rings (SSSR count). The molecule has 0 heterocycles. The minimum atomic E-state index is -0.904. The molecule has 0 saturated carbocycles. The number of hydrogen-bond acceptors (Lipinski definition) is 5. The van der Waals surface area contributed by atoms with Crippen LogP contribution < -0.4 is 5.32 Å². The molecular formula is C19H17ClN2O3S. The number of ether oxygens (including phenoxy) is 1. The number of benzene rings is 2. The summed E-state index contributed by atoms with van der Waals surface area (Å²) < 4.78 is 5.15. The molecule has 1 atom stereocenters. The molecule has 0 aliphatic heterocycles. The van der Waals surface area contributed by atoms with E-state index in [9.17, 15) is 9.59 Å². The summed E-state index contributed by atoms with van der Waals surface area (Å²) >= 11 is 7.33. The topological polar surface area (TPSA) is 79.2 Å². The number of carbonyl (C=O) groups is 2. The molecule has 1 N–H and O–H groups in total. The third kappa shape index (κ3) is 6.43. The normalized spacial score (nSPS) is 11.3. The van der Waals surface area contributed by atoms with E-state index < -0.39 is 18.0 Å². The van der Waals surface area contributed by atoms with Crippen LogP contribution in [0.2, 0.25) is 5.02 Å². The lowest BCUT2D eigenvalue weighted by atomic mass is 10.2. The van der Waals surface area contributed by atoms with Crippen LogP contribution in [-0.4, -0.2) is 23.7 Å². The fourth-order valence-corrected chi connectivity index (χ4v) is 2.92. The number of halogens is 1. The highest BCUT2D eigenvalue weighted by atomic mass is 35.5. The van der Waals surface area contributed by atoms with Crippen LogP contribution >= 0.6 is 23.4 Å². The van der Waals surface area contributed by atoms with Crippen molar-refractivity contribution in [1.29, 1.82) is 5.26 Å². The molecule has 0 fully saturated rings. The number of nitrogens with zero attached hydrogens (tertiary/aromatic N) is 1. The zero-order valence-electron chi connectivity index (χ0n) is 14.1. The molecule has 0 radical (unpaired) electrons. The van der Waals surface area contributed by atoms with Gasteiger partial charge in [0.15, 0.2) is 6.10 Å². The number of nitrogens with one attached hydrogen (secondary N) is 1. The van der Waals surface area contributed by atoms with E-state index in [1.165, 1.54) is 18.7 Å². The minimum Gasteiger partial charge on any atom is -0.453 e. The summed E-state index contributed by atoms with van der Waals surface area (Å²) in [5, 5.41) is 12.1. The Morgan fingerprint density at radius 1 is 1.19 bits per heavy atom. The van der Waals surface area contributed by atoms with Gasteiger partial charge in [-0.15, -0.1) is 11.8 Å². The van der Waals surface area contributed by atoms with Gasteiger partial charge in [0, 0.05) is 21.4 Å². The Hall–Kier alpha value is -2.49. The summed E-state index contributed by atoms with van der Waals surface area (Å²) in [7, 11) is 0. The molecule has 0 unspecified atom stereocenters. The van der Waals surface area contributed by atoms with Crippen LogP contribution in [0.25, 0.3) is 0 Å². The highest BCUT2D eigenvalue weighted by molar-refractivity contribution is 7.99. The van der Waals surface area contributed by atoms with Crippen molar-refractivity contribution in [2.45, 2.75) is 24.3 Å². The molecule has 0 aliphatic rings. The minimum absolute atomic E-state index is 0.196. The fraction of sp³-hybridized carbons (Fsp3) is 0.211. The van der Waals surface area contributed by atoms with E-state index in [0.717, 1.165) is 4.90 Å². The Balaban J connectivity index is 1.73. The maximum Gasteiger partial charge on any atom is 0.307 e. The summed E-state index contributed by atoms with van der Waals surface area (Å²) in [5.74, 6) is -0.313. The van der Waals surface area contributed by atoms with Gasteiger partial charge in [-0.2, -0.15) is 5.26 Å². The second-order valence-corrected chi connectivity index (χ2v) is 6.97. The Bertz CT molecular complexity index is 801. The number of nitriles is 1. The lowest BCUT2D eigenvalue weighted by molar-refractivity contribution is -0.152. The Morgan fingerprint density at radius 3 is 2.46 bits per heavy atom. The maximum absolute atomic E-state index is 12.1. The van der Waals surface area contributed by atoms with Gasteiger partial charge < -0.3 is 10.1 Å². The smallest absolute Gasteiger partial charge is 0.307 e. The van der Waals surface area contributed by atoms with E-state index in [4.69, 9.17) is 21.6 Å². The first-order valence-electron chi connectivity index (χ1n) is 7.87. The lowest BCUT2D eigenvalue weighted by Crippen LogP contribution is -2.30. The summed E-state index contributed by atoms with van der Waals surface area (Å²) in [5.41, 5.74) is 1.04. The molecule has 0 saturated heterocycles. The van der Waals surface area contributed by atoms with Crippen LogP contribution in [0.5, 0.6) is 0 Å². The Labute approximate surface area is 161 Å². The van der Waals surface area contributed by atoms with Crippen LogP contribution in [0.1, 0.15) is 18.9 Å². The van der Waals surface area contributed by atoms with Gasteiger partial charge in [0.05, 0.1) is 18.1 Å². The molecular weight excluding hydrogens is 372 g/mol. The number of amides is 1. The third-order valence-corrected chi connectivity index (χ3v) is 4.61. The summed E-state index contributed by atoms with van der Waals surface area (Å²) in [6.45, 7) is 1.52. The molecule has 0 aliphatic carbocycles. The second kappa shape index (κ2) is 9.85. The number of anilines is 1. The Morgan fingerprint density at radius 2 is 1.85 bits per heavy atom. The molecule has 2 aromatic rings. The zero-order valence-corrected chi connectivity index (χ0v) is 15.6. The van der Waals surface area contributed by atoms with Crippen molar-refractivity contribution in [2.24, 2.45) is 0 Å². The van der Waals surface area contributed by atoms with E-state index in [-0.39, 0.29) is 6.42 Å². The number of thioether (sulfide) groups is 1. The average molecular weight is 389 g/mol. The quantitative estimate of drug-likeness (QED) is 0.566. The molecule has 7 heteroatoms. The largest absolute Gasteiger partial charge is 0.453 e. The van der Waals surface area contributed by atoms with Crippen molar-refractivity contribution in [3.63, 3.8) is 0 Å². The van der Waals surface area contributed by atoms with Gasteiger partial charge in [-0.25, -0.2) is 0 Å². The van der Waals surface area contributed by atoms with Crippen LogP contribution in [0.4, 0.5) is 5.69 Å². The van der Waals surface area contributed by atoms with E-state index in [1.54, 1.807) is 36.4 Å². The van der Waals surface area contributed by atoms with Crippen molar-refractivity contribution < 1.29 is 14.3 Å². The van der Waals surface area contributed by atoms with Gasteiger partial charge in [0.25, 0.3) is 5.91 Å². The molecule has 0 spiro atoms. The average Bonchev–Trinajstić information content (AvgIpc) is 2.64. The number of carbonyl (C=O) groups excluding carboxylic acids is 2. The standard InChI is InChI=1S/C19H17ClN2O3S/c1-13(19(24)22-16-6-2-14(12-21)3-7-16)25-18(23)10-11-26-17-8-4-15(20)5-9-17/h2-9,13H,10-11H2,1H3,(H,22,24)/t13-/m0/s1. The van der Waals surface area contributed by atoms with E-state index >= 15 is 0 Å². The van der Waals surface area contributed by atoms with Crippen molar-refractivity contribution in [2.75, 3.05) is 11.1 Å². The van der Waals surface area contributed by atoms with Crippen LogP contribution in [0.3, 0.4) is 0 Å². The SMILES string of the molecule is C[C@H](OC(=O)CCSc1ccc(Cl)cc1)C(=O)Nc1ccc(C#N)cc1. The molecule has 0 bridgehead atoms. The van der Waals surface area contributed by atoms with Crippen molar-refractivity contribution in [1.82, 2.24) is 0 Å². The highest BCUT2D eigenvalue weighted by Gasteiger charge is 2.17. The van der Waals surface area contributed by atoms with E-state index in [2.05, 4.69) is 5.32 Å². The number of rotatable bonds is 7. The zero-order chi connectivity index (χ0) is 18.9. The predicted molar refractivity (Wildman–Crippen MR) is 102 cm³/mol. The van der Waals surface area contributed by atoms with Crippen molar-refractivity contribution >= 4 is 40.9 Å². The molecule has 26 heavy (non-hydrogen) atoms. The third-order valence-electron chi connectivity index (χ3n) is 3.35. The van der Waals surface area contributed by atoms with Gasteiger partial charge in [-0.05, 0) is 55.5 Å². The molecule has 0 aromatic heterocycles. The van der Waals surface area contributed by atoms with Crippen LogP contribution in [0, 0.1) is 11.3 Å². The summed E-state index contributed by atoms with van der Waals surface area (Å²) in [6.07, 6.45) is -0.708. The Kier molecular flexibility index (Phi) is 7.52. The highest BCUT2D eigenvalue weighted by Crippen LogP contribution is 2.21. The first-order valence-corrected chi connectivity index (χ1v) is 9.23. The molecule has 134 valence electrons. The number of hydrogen-bond donors (Lipinski definition) is 1. The lowest BCUT2D eigenvalue weighted by Gasteiger charge is -2.13. The number of esters is 1. The van der Waals surface area contributed by atoms with E-state index in [0.29, 0.717) is 22.0 Å². The predicted octanol–water partition coefficient (Wildman–Crippen LogP) is 4.26. The van der Waals surface area contributed by atoms with Gasteiger partial charge in [-0.3, -0.25) is 9.59 Å². The van der Waals surface area contributed by atoms with Gasteiger partial charge in [-0.1, -0.05) is 11.6 Å². The first-order chi connectivity index (χ1) is 12.5. The second-order valence-electron chi connectivity index (χ2n) is 5.36. The molecule has 5 nitrogen and oxygen atoms in total. The van der Waals surface area contributed by atoms with Crippen LogP contribution in [0.15, 0.2) is 53.4 Å². The van der Waals surface area contributed by atoms with Gasteiger partial charge >= 0.3 is 5.97 Å².